The van der Waals surface area contributed by atoms with Crippen molar-refractivity contribution in [3.05, 3.63) is 82.0 Å². The van der Waals surface area contributed by atoms with Crippen LogP contribution in [0.3, 0.4) is 0 Å². The molecule has 32 heavy (non-hydrogen) atoms. The van der Waals surface area contributed by atoms with Crippen molar-refractivity contribution in [2.45, 2.75) is 37.7 Å². The summed E-state index contributed by atoms with van der Waals surface area (Å²) in [5.74, 6) is 1.64. The molecule has 3 aromatic rings. The predicted octanol–water partition coefficient (Wildman–Crippen LogP) is 5.47. The van der Waals surface area contributed by atoms with Crippen LogP contribution in [0.25, 0.3) is 0 Å². The van der Waals surface area contributed by atoms with Gasteiger partial charge < -0.3 is 9.80 Å². The lowest BCUT2D eigenvalue weighted by atomic mass is 9.99. The Morgan fingerprint density at radius 1 is 1.06 bits per heavy atom. The maximum absolute atomic E-state index is 13.0. The van der Waals surface area contributed by atoms with E-state index in [1.54, 1.807) is 17.8 Å². The van der Waals surface area contributed by atoms with E-state index in [1.807, 2.05) is 35.2 Å². The normalized spacial score (nSPS) is 13.0. The summed E-state index contributed by atoms with van der Waals surface area (Å²) in [6.45, 7) is 7.36. The zero-order valence-electron chi connectivity index (χ0n) is 18.4. The van der Waals surface area contributed by atoms with Crippen molar-refractivity contribution >= 4 is 35.1 Å². The molecule has 1 amide bonds. The summed E-state index contributed by atoms with van der Waals surface area (Å²) in [5.41, 5.74) is 4.42. The maximum Gasteiger partial charge on any atom is 0.254 e. The molecular weight excluding hydrogens is 440 g/mol. The number of thioether (sulfide) groups is 1. The van der Waals surface area contributed by atoms with E-state index in [-0.39, 0.29) is 5.91 Å². The molecule has 0 unspecified atom stereocenters. The molecule has 5 nitrogen and oxygen atoms in total. The number of amides is 1. The summed E-state index contributed by atoms with van der Waals surface area (Å²) in [5, 5.41) is 1.11. The highest BCUT2D eigenvalue weighted by molar-refractivity contribution is 7.98. The molecule has 0 spiro atoms. The Labute approximate surface area is 198 Å². The fourth-order valence-electron chi connectivity index (χ4n) is 3.90. The van der Waals surface area contributed by atoms with Crippen molar-refractivity contribution < 1.29 is 4.79 Å². The molecule has 0 bridgehead atoms. The van der Waals surface area contributed by atoms with Gasteiger partial charge in [-0.15, -0.1) is 0 Å². The van der Waals surface area contributed by atoms with Gasteiger partial charge in [0.15, 0.2) is 5.16 Å². The summed E-state index contributed by atoms with van der Waals surface area (Å²) < 4.78 is 0. The second kappa shape index (κ2) is 10.4. The molecule has 0 atom stereocenters. The van der Waals surface area contributed by atoms with E-state index in [1.165, 1.54) is 11.1 Å². The summed E-state index contributed by atoms with van der Waals surface area (Å²) in [6.07, 6.45) is 0.908. The van der Waals surface area contributed by atoms with Gasteiger partial charge in [0.05, 0.1) is 0 Å². The number of carbonyl (C=O) groups excluding carboxylic acids is 1. The van der Waals surface area contributed by atoms with Gasteiger partial charge in [-0.1, -0.05) is 59.8 Å². The van der Waals surface area contributed by atoms with E-state index in [4.69, 9.17) is 11.6 Å². The van der Waals surface area contributed by atoms with E-state index < -0.39 is 0 Å². The number of hydrogen-bond acceptors (Lipinski definition) is 5. The Kier molecular flexibility index (Phi) is 7.33. The number of fused-ring (bicyclic) bond motifs is 1. The predicted molar refractivity (Wildman–Crippen MR) is 131 cm³/mol. The van der Waals surface area contributed by atoms with Crippen LogP contribution in [0.5, 0.6) is 0 Å². The van der Waals surface area contributed by atoms with E-state index in [0.717, 1.165) is 43.0 Å². The number of rotatable bonds is 7. The number of aromatic nitrogens is 2. The Hall–Kier alpha value is -2.57. The van der Waals surface area contributed by atoms with Crippen LogP contribution in [0, 0.1) is 0 Å². The highest BCUT2D eigenvalue weighted by Gasteiger charge is 2.21. The van der Waals surface area contributed by atoms with Gasteiger partial charge in [0.25, 0.3) is 5.91 Å². The van der Waals surface area contributed by atoms with Gasteiger partial charge in [-0.25, -0.2) is 9.97 Å². The zero-order valence-corrected chi connectivity index (χ0v) is 20.0. The molecule has 0 fully saturated rings. The molecule has 0 radical (unpaired) electrons. The molecule has 166 valence electrons. The topological polar surface area (TPSA) is 49.3 Å². The monoisotopic (exact) mass is 466 g/mol. The number of halogens is 1. The van der Waals surface area contributed by atoms with Gasteiger partial charge >= 0.3 is 0 Å². The lowest BCUT2D eigenvalue weighted by Gasteiger charge is -2.29. The maximum atomic E-state index is 13.0. The lowest BCUT2D eigenvalue weighted by Crippen LogP contribution is -2.35. The van der Waals surface area contributed by atoms with Crippen LogP contribution in [-0.2, 0) is 18.7 Å². The van der Waals surface area contributed by atoms with Crippen molar-refractivity contribution in [2.24, 2.45) is 0 Å². The van der Waals surface area contributed by atoms with Crippen LogP contribution >= 0.6 is 23.4 Å². The quantitative estimate of drug-likeness (QED) is 0.262. The van der Waals surface area contributed by atoms with Gasteiger partial charge in [-0.05, 0) is 49.1 Å². The average molecular weight is 467 g/mol. The van der Waals surface area contributed by atoms with E-state index >= 15 is 0 Å². The summed E-state index contributed by atoms with van der Waals surface area (Å²) >= 11 is 7.76. The molecule has 2 heterocycles. The Morgan fingerprint density at radius 3 is 2.50 bits per heavy atom. The molecule has 2 aromatic carbocycles. The SMILES string of the molecule is CCN(CC)c1cc(Cl)nc(SCc2ccc(C(=O)N3CCc4ccccc4C3)cc2)n1. The van der Waals surface area contributed by atoms with Crippen LogP contribution in [-0.4, -0.2) is 40.4 Å². The molecule has 1 aliphatic rings. The number of hydrogen-bond donors (Lipinski definition) is 0. The second-order valence-electron chi connectivity index (χ2n) is 7.73. The molecule has 0 saturated carbocycles. The van der Waals surface area contributed by atoms with Crippen molar-refractivity contribution in [3.8, 4) is 0 Å². The van der Waals surface area contributed by atoms with Gasteiger partial charge in [0.1, 0.15) is 11.0 Å². The molecule has 0 N–H and O–H groups in total. The van der Waals surface area contributed by atoms with Crippen molar-refractivity contribution in [1.82, 2.24) is 14.9 Å². The third-order valence-corrected chi connectivity index (χ3v) is 6.85. The van der Waals surface area contributed by atoms with Crippen molar-refractivity contribution in [2.75, 3.05) is 24.5 Å². The molecule has 0 aliphatic carbocycles. The van der Waals surface area contributed by atoms with E-state index in [2.05, 4.69) is 46.9 Å². The molecule has 4 rings (SSSR count). The highest BCUT2D eigenvalue weighted by atomic mass is 35.5. The minimum atomic E-state index is 0.0840. The zero-order chi connectivity index (χ0) is 22.5. The first-order chi connectivity index (χ1) is 15.6. The number of anilines is 1. The van der Waals surface area contributed by atoms with Crippen molar-refractivity contribution in [3.63, 3.8) is 0 Å². The van der Waals surface area contributed by atoms with Crippen LogP contribution in [0.15, 0.2) is 59.8 Å². The van der Waals surface area contributed by atoms with Gasteiger partial charge in [0, 0.05) is 43.6 Å². The van der Waals surface area contributed by atoms with Gasteiger partial charge in [0.2, 0.25) is 0 Å². The van der Waals surface area contributed by atoms with Gasteiger partial charge in [-0.2, -0.15) is 0 Å². The van der Waals surface area contributed by atoms with E-state index in [9.17, 15) is 4.79 Å². The standard InChI is InChI=1S/C25H27ClN4OS/c1-3-29(4-2)23-15-22(26)27-25(28-23)32-17-18-9-11-20(12-10-18)24(31)30-14-13-19-7-5-6-8-21(19)16-30/h5-12,15H,3-4,13-14,16-17H2,1-2H3. The fourth-order valence-corrected chi connectivity index (χ4v) is 4.94. The van der Waals surface area contributed by atoms with E-state index in [0.29, 0.717) is 22.6 Å². The minimum absolute atomic E-state index is 0.0840. The molecule has 0 saturated heterocycles. The van der Waals surface area contributed by atoms with Crippen LogP contribution in [0.4, 0.5) is 5.82 Å². The molecule has 1 aliphatic heterocycles. The van der Waals surface area contributed by atoms with Crippen LogP contribution in [0.1, 0.15) is 40.9 Å². The number of nitrogens with zero attached hydrogens (tertiary/aromatic N) is 4. The first kappa shape index (κ1) is 22.6. The number of carbonyl (C=O) groups is 1. The Bertz CT molecular complexity index is 1090. The Balaban J connectivity index is 1.39. The summed E-state index contributed by atoms with van der Waals surface area (Å²) in [7, 11) is 0. The highest BCUT2D eigenvalue weighted by Crippen LogP contribution is 2.25. The second-order valence-corrected chi connectivity index (χ2v) is 9.06. The lowest BCUT2D eigenvalue weighted by molar-refractivity contribution is 0.0734. The largest absolute Gasteiger partial charge is 0.357 e. The minimum Gasteiger partial charge on any atom is -0.357 e. The smallest absolute Gasteiger partial charge is 0.254 e. The first-order valence-corrected chi connectivity index (χ1v) is 12.3. The average Bonchev–Trinajstić information content (AvgIpc) is 2.83. The third-order valence-electron chi connectivity index (χ3n) is 5.73. The first-order valence-electron chi connectivity index (χ1n) is 10.9. The van der Waals surface area contributed by atoms with Crippen LogP contribution in [0.2, 0.25) is 5.15 Å². The van der Waals surface area contributed by atoms with Crippen molar-refractivity contribution in [1.29, 1.82) is 0 Å². The summed E-state index contributed by atoms with van der Waals surface area (Å²) in [6, 6.07) is 18.0. The molecule has 7 heteroatoms. The molecular formula is C25H27ClN4OS. The fraction of sp³-hybridized carbons (Fsp3) is 0.320. The third kappa shape index (κ3) is 5.25. The summed E-state index contributed by atoms with van der Waals surface area (Å²) in [4.78, 5) is 26.1. The molecule has 1 aromatic heterocycles. The Morgan fingerprint density at radius 2 is 1.78 bits per heavy atom. The van der Waals surface area contributed by atoms with Gasteiger partial charge in [-0.3, -0.25) is 4.79 Å². The number of benzene rings is 2. The van der Waals surface area contributed by atoms with Crippen LogP contribution < -0.4 is 4.90 Å².